The van der Waals surface area contributed by atoms with Crippen LogP contribution in [0.4, 0.5) is 0 Å². The Hall–Kier alpha value is -3.47. The maximum atomic E-state index is 4.63. The van der Waals surface area contributed by atoms with Crippen LogP contribution in [0.2, 0.25) is 0 Å². The van der Waals surface area contributed by atoms with Gasteiger partial charge in [-0.25, -0.2) is 15.0 Å². The molecular formula is C21H17N5. The van der Waals surface area contributed by atoms with Crippen LogP contribution in [0, 0.1) is 0 Å². The molecule has 0 atom stereocenters. The van der Waals surface area contributed by atoms with Gasteiger partial charge in [-0.15, -0.1) is 0 Å². The van der Waals surface area contributed by atoms with Crippen LogP contribution in [0.1, 0.15) is 5.56 Å². The van der Waals surface area contributed by atoms with Gasteiger partial charge in [0.05, 0.1) is 6.33 Å². The highest BCUT2D eigenvalue weighted by Gasteiger charge is 2.16. The number of fused-ring (bicyclic) bond motifs is 2. The minimum Gasteiger partial charge on any atom is -0.350 e. The van der Waals surface area contributed by atoms with Gasteiger partial charge < -0.3 is 9.13 Å². The summed E-state index contributed by atoms with van der Waals surface area (Å²) in [4.78, 5) is 13.5. The number of hydrogen-bond acceptors (Lipinski definition) is 3. The molecule has 126 valence electrons. The largest absolute Gasteiger partial charge is 0.350 e. The van der Waals surface area contributed by atoms with E-state index in [0.717, 1.165) is 29.0 Å². The molecule has 0 saturated carbocycles. The molecule has 0 aliphatic carbocycles. The summed E-state index contributed by atoms with van der Waals surface area (Å²) in [5, 5.41) is 1.18. The molecule has 3 aromatic heterocycles. The first-order valence-electron chi connectivity index (χ1n) is 8.55. The fourth-order valence-corrected chi connectivity index (χ4v) is 3.54. The van der Waals surface area contributed by atoms with Crippen molar-refractivity contribution >= 4 is 22.1 Å². The van der Waals surface area contributed by atoms with E-state index in [1.165, 1.54) is 16.5 Å². The third kappa shape index (κ3) is 2.29. The lowest BCUT2D eigenvalue weighted by molar-refractivity contribution is 0.823. The molecule has 3 heterocycles. The summed E-state index contributed by atoms with van der Waals surface area (Å²) >= 11 is 0. The first-order chi connectivity index (χ1) is 12.8. The Morgan fingerprint density at radius 3 is 2.58 bits per heavy atom. The molecular weight excluding hydrogens is 322 g/mol. The molecule has 5 aromatic rings. The molecule has 5 heteroatoms. The van der Waals surface area contributed by atoms with Crippen molar-refractivity contribution < 1.29 is 0 Å². The Bertz CT molecular complexity index is 1220. The Morgan fingerprint density at radius 2 is 1.69 bits per heavy atom. The monoisotopic (exact) mass is 339 g/mol. The van der Waals surface area contributed by atoms with Gasteiger partial charge in [0.25, 0.3) is 0 Å². The second kappa shape index (κ2) is 5.81. The number of para-hydroxylation sites is 1. The fraction of sp³-hybridized carbons (Fsp3) is 0.0952. The van der Waals surface area contributed by atoms with Crippen molar-refractivity contribution in [2.75, 3.05) is 0 Å². The third-order valence-electron chi connectivity index (χ3n) is 4.76. The van der Waals surface area contributed by atoms with E-state index in [9.17, 15) is 0 Å². The molecule has 0 aliphatic heterocycles. The lowest BCUT2D eigenvalue weighted by atomic mass is 10.1. The van der Waals surface area contributed by atoms with E-state index in [2.05, 4.69) is 85.9 Å². The van der Waals surface area contributed by atoms with Gasteiger partial charge >= 0.3 is 0 Å². The number of aromatic nitrogens is 5. The SMILES string of the molecule is Cn1cc(-c2ncnc3ncn(Cc4ccccc4)c23)c2ccccc21. The van der Waals surface area contributed by atoms with Crippen LogP contribution in [0.3, 0.4) is 0 Å². The normalized spacial score (nSPS) is 11.4. The lowest BCUT2D eigenvalue weighted by Crippen LogP contribution is -2.00. The van der Waals surface area contributed by atoms with Crippen molar-refractivity contribution in [3.8, 4) is 11.3 Å². The Labute approximate surface area is 150 Å². The van der Waals surface area contributed by atoms with Crippen molar-refractivity contribution in [3.63, 3.8) is 0 Å². The molecule has 0 spiro atoms. The lowest BCUT2D eigenvalue weighted by Gasteiger charge is -2.07. The van der Waals surface area contributed by atoms with Crippen molar-refractivity contribution in [1.82, 2.24) is 24.1 Å². The van der Waals surface area contributed by atoms with E-state index in [0.29, 0.717) is 0 Å². The number of hydrogen-bond donors (Lipinski definition) is 0. The molecule has 5 rings (SSSR count). The highest BCUT2D eigenvalue weighted by atomic mass is 15.1. The number of imidazole rings is 1. The van der Waals surface area contributed by atoms with Crippen molar-refractivity contribution in [3.05, 3.63) is 79.0 Å². The van der Waals surface area contributed by atoms with E-state index >= 15 is 0 Å². The zero-order valence-corrected chi connectivity index (χ0v) is 14.4. The smallest absolute Gasteiger partial charge is 0.181 e. The molecule has 0 amide bonds. The molecule has 0 fully saturated rings. The summed E-state index contributed by atoms with van der Waals surface area (Å²) < 4.78 is 4.26. The summed E-state index contributed by atoms with van der Waals surface area (Å²) in [6.45, 7) is 0.739. The molecule has 0 unspecified atom stereocenters. The first kappa shape index (κ1) is 14.8. The maximum absolute atomic E-state index is 4.63. The molecule has 0 radical (unpaired) electrons. The Kier molecular flexibility index (Phi) is 3.31. The highest BCUT2D eigenvalue weighted by molar-refractivity contribution is 6.01. The van der Waals surface area contributed by atoms with E-state index in [1.807, 2.05) is 12.4 Å². The van der Waals surface area contributed by atoms with Gasteiger partial charge in [-0.05, 0) is 11.6 Å². The van der Waals surface area contributed by atoms with Crippen LogP contribution in [0.15, 0.2) is 73.4 Å². The average Bonchev–Trinajstić information content (AvgIpc) is 3.24. The van der Waals surface area contributed by atoms with Gasteiger partial charge in [-0.3, -0.25) is 0 Å². The van der Waals surface area contributed by atoms with Gasteiger partial charge in [-0.2, -0.15) is 0 Å². The number of benzene rings is 2. The summed E-state index contributed by atoms with van der Waals surface area (Å²) in [7, 11) is 2.06. The predicted octanol–water partition coefficient (Wildman–Crippen LogP) is 4.03. The second-order valence-electron chi connectivity index (χ2n) is 6.42. The molecule has 0 aliphatic rings. The first-order valence-corrected chi connectivity index (χ1v) is 8.55. The Balaban J connectivity index is 1.74. The second-order valence-corrected chi connectivity index (χ2v) is 6.42. The molecule has 2 aromatic carbocycles. The standard InChI is InChI=1S/C21H17N5/c1-25-12-17(16-9-5-6-10-18(16)25)19-20-21(23-13-22-19)24-14-26(20)11-15-7-3-2-4-8-15/h2-10,12-14H,11H2,1H3. The third-order valence-corrected chi connectivity index (χ3v) is 4.76. The van der Waals surface area contributed by atoms with Gasteiger partial charge in [0.1, 0.15) is 17.5 Å². The van der Waals surface area contributed by atoms with Crippen LogP contribution in [-0.4, -0.2) is 24.1 Å². The van der Waals surface area contributed by atoms with Crippen LogP contribution in [-0.2, 0) is 13.6 Å². The highest BCUT2D eigenvalue weighted by Crippen LogP contribution is 2.32. The molecule has 0 bridgehead atoms. The summed E-state index contributed by atoms with van der Waals surface area (Å²) in [5.74, 6) is 0. The predicted molar refractivity (Wildman–Crippen MR) is 103 cm³/mol. The van der Waals surface area contributed by atoms with Crippen molar-refractivity contribution in [2.45, 2.75) is 6.54 Å². The van der Waals surface area contributed by atoms with Gasteiger partial charge in [-0.1, -0.05) is 48.5 Å². The summed E-state index contributed by atoms with van der Waals surface area (Å²) in [5.41, 5.74) is 6.11. The number of nitrogens with zero attached hydrogens (tertiary/aromatic N) is 5. The zero-order valence-electron chi connectivity index (χ0n) is 14.4. The molecule has 5 nitrogen and oxygen atoms in total. The van der Waals surface area contributed by atoms with E-state index < -0.39 is 0 Å². The minimum absolute atomic E-state index is 0.721. The van der Waals surface area contributed by atoms with Crippen LogP contribution < -0.4 is 0 Å². The van der Waals surface area contributed by atoms with E-state index in [1.54, 1.807) is 6.33 Å². The molecule has 0 saturated heterocycles. The molecule has 0 N–H and O–H groups in total. The van der Waals surface area contributed by atoms with Crippen LogP contribution in [0.25, 0.3) is 33.3 Å². The quantitative estimate of drug-likeness (QED) is 0.498. The van der Waals surface area contributed by atoms with Gasteiger partial charge in [0, 0.05) is 36.3 Å². The van der Waals surface area contributed by atoms with Crippen molar-refractivity contribution in [2.24, 2.45) is 7.05 Å². The fourth-order valence-electron chi connectivity index (χ4n) is 3.54. The zero-order chi connectivity index (χ0) is 17.5. The topological polar surface area (TPSA) is 48.5 Å². The van der Waals surface area contributed by atoms with Gasteiger partial charge in [0.2, 0.25) is 0 Å². The Morgan fingerprint density at radius 1 is 0.885 bits per heavy atom. The maximum Gasteiger partial charge on any atom is 0.181 e. The van der Waals surface area contributed by atoms with Crippen molar-refractivity contribution in [1.29, 1.82) is 0 Å². The summed E-state index contributed by atoms with van der Waals surface area (Å²) in [6, 6.07) is 18.7. The van der Waals surface area contributed by atoms with E-state index in [4.69, 9.17) is 0 Å². The number of rotatable bonds is 3. The van der Waals surface area contributed by atoms with Crippen LogP contribution >= 0.6 is 0 Å². The minimum atomic E-state index is 0.721. The van der Waals surface area contributed by atoms with Crippen LogP contribution in [0.5, 0.6) is 0 Å². The number of aryl methyl sites for hydroxylation is 1. The average molecular weight is 339 g/mol. The summed E-state index contributed by atoms with van der Waals surface area (Å²) in [6.07, 6.45) is 5.58. The van der Waals surface area contributed by atoms with Gasteiger partial charge in [0.15, 0.2) is 5.65 Å². The van der Waals surface area contributed by atoms with E-state index in [-0.39, 0.29) is 0 Å². The molecule has 26 heavy (non-hydrogen) atoms.